The van der Waals surface area contributed by atoms with Crippen LogP contribution in [0.5, 0.6) is 0 Å². The summed E-state index contributed by atoms with van der Waals surface area (Å²) in [4.78, 5) is 36.5. The van der Waals surface area contributed by atoms with Crippen molar-refractivity contribution in [3.8, 4) is 0 Å². The fraction of sp³-hybridized carbons (Fsp3) is 0.308. The number of hydrogen-bond donors (Lipinski definition) is 2. The number of amides is 3. The quantitative estimate of drug-likeness (QED) is 0.565. The number of imide groups is 1. The molecule has 1 atom stereocenters. The number of carbonyl (C=O) groups is 3. The summed E-state index contributed by atoms with van der Waals surface area (Å²) in [5, 5.41) is 2.06. The van der Waals surface area contributed by atoms with E-state index in [2.05, 4.69) is 5.32 Å². The van der Waals surface area contributed by atoms with E-state index in [1.54, 1.807) is 0 Å². The highest BCUT2D eigenvalue weighted by Crippen LogP contribution is 2.31. The van der Waals surface area contributed by atoms with Gasteiger partial charge in [0.25, 0.3) is 5.91 Å². The lowest BCUT2D eigenvalue weighted by atomic mass is 10.0. The molecular formula is C13H12FN3O3. The summed E-state index contributed by atoms with van der Waals surface area (Å²) in [6.45, 7) is -0.0502. The number of carbonyl (C=O) groups excluding carboxylic acids is 3. The number of nitrogens with two attached hydrogens (primary N) is 1. The summed E-state index contributed by atoms with van der Waals surface area (Å²) in [5.74, 6) is -2.60. The average molecular weight is 278 g/mol. The van der Waals surface area contributed by atoms with Crippen LogP contribution in [0.1, 0.15) is 30.1 Å². The highest BCUT2D eigenvalue weighted by Gasteiger charge is 2.39. The minimum atomic E-state index is -1.88. The largest absolute Gasteiger partial charge is 0.398 e. The van der Waals surface area contributed by atoms with Crippen molar-refractivity contribution in [3.05, 3.63) is 29.1 Å². The fourth-order valence-corrected chi connectivity index (χ4v) is 2.48. The Morgan fingerprint density at radius 2 is 2.15 bits per heavy atom. The first-order chi connectivity index (χ1) is 9.83. The molecule has 1 aromatic carbocycles. The van der Waals surface area contributed by atoms with Gasteiger partial charge in [0, 0.05) is 29.8 Å². The number of halogens is 1. The van der Waals surface area contributed by atoms with Gasteiger partial charge in [-0.1, -0.05) is 0 Å². The highest BCUT2D eigenvalue weighted by molar-refractivity contribution is 6.06. The number of nitrogens with one attached hydrogen (secondary N) is 1. The second-order valence-corrected chi connectivity index (χ2v) is 4.74. The van der Waals surface area contributed by atoms with Crippen LogP contribution in [0.3, 0.4) is 0 Å². The van der Waals surface area contributed by atoms with E-state index in [0.29, 0.717) is 5.56 Å². The van der Waals surface area contributed by atoms with Crippen LogP contribution in [0.4, 0.5) is 10.1 Å². The van der Waals surface area contributed by atoms with Crippen LogP contribution < -0.4 is 11.1 Å². The second kappa shape index (κ2) is 4.29. The maximum Gasteiger partial charge on any atom is 0.255 e. The monoisotopic (exact) mass is 278 g/mol. The molecular weight excluding hydrogens is 265 g/mol. The van der Waals surface area contributed by atoms with Gasteiger partial charge in [-0.15, -0.1) is 0 Å². The number of rotatable bonds is 1. The number of piperidine rings is 1. The summed E-state index contributed by atoms with van der Waals surface area (Å²) in [6, 6.07) is 0.257. The van der Waals surface area contributed by atoms with Crippen LogP contribution in [0.2, 0.25) is 0 Å². The number of nitrogens with zero attached hydrogens (tertiary/aromatic N) is 1. The summed E-state index contributed by atoms with van der Waals surface area (Å²) in [7, 11) is 0. The van der Waals surface area contributed by atoms with Crippen LogP contribution in [0.25, 0.3) is 0 Å². The van der Waals surface area contributed by atoms with Gasteiger partial charge in [0.2, 0.25) is 11.8 Å². The van der Waals surface area contributed by atoms with Crippen molar-refractivity contribution < 1.29 is 20.1 Å². The van der Waals surface area contributed by atoms with Crippen molar-refractivity contribution in [2.75, 3.05) is 5.73 Å². The molecule has 6 nitrogen and oxygen atoms in total. The first-order valence-electron chi connectivity index (χ1n) is 6.57. The lowest BCUT2D eigenvalue weighted by Gasteiger charge is -2.29. The first kappa shape index (κ1) is 11.4. The van der Waals surface area contributed by atoms with Crippen LogP contribution in [0.15, 0.2) is 12.1 Å². The minimum absolute atomic E-state index is 0.0286. The third-order valence-corrected chi connectivity index (χ3v) is 3.47. The molecule has 1 fully saturated rings. The van der Waals surface area contributed by atoms with Gasteiger partial charge < -0.3 is 10.6 Å². The van der Waals surface area contributed by atoms with Crippen molar-refractivity contribution in [2.24, 2.45) is 0 Å². The number of hydrogen-bond acceptors (Lipinski definition) is 4. The van der Waals surface area contributed by atoms with Crippen LogP contribution in [-0.2, 0) is 16.1 Å². The Kier molecular flexibility index (Phi) is 2.45. The molecule has 0 saturated carbocycles. The normalized spacial score (nSPS) is 26.4. The molecule has 2 aliphatic rings. The van der Waals surface area contributed by atoms with Gasteiger partial charge >= 0.3 is 0 Å². The van der Waals surface area contributed by atoms with Crippen LogP contribution >= 0.6 is 0 Å². The van der Waals surface area contributed by atoms with Gasteiger partial charge in [-0.25, -0.2) is 4.39 Å². The molecule has 0 aromatic heterocycles. The molecule has 2 heterocycles. The molecule has 3 amide bonds. The van der Waals surface area contributed by atoms with Crippen molar-refractivity contribution in [1.29, 1.82) is 0 Å². The Bertz CT molecular complexity index is 693. The van der Waals surface area contributed by atoms with Gasteiger partial charge in [-0.2, -0.15) is 0 Å². The topological polar surface area (TPSA) is 92.5 Å². The van der Waals surface area contributed by atoms with E-state index in [0.717, 1.165) is 17.0 Å². The van der Waals surface area contributed by atoms with Gasteiger partial charge in [0.15, 0.2) is 0 Å². The van der Waals surface area contributed by atoms with E-state index in [1.165, 1.54) is 0 Å². The van der Waals surface area contributed by atoms with E-state index >= 15 is 0 Å². The number of fused-ring (bicyclic) bond motifs is 1. The molecule has 3 N–H and O–H groups in total. The van der Waals surface area contributed by atoms with E-state index in [-0.39, 0.29) is 30.6 Å². The van der Waals surface area contributed by atoms with Crippen LogP contribution in [0, 0.1) is 5.82 Å². The Hall–Kier alpha value is -2.44. The maximum absolute atomic E-state index is 13.4. The number of anilines is 1. The average Bonchev–Trinajstić information content (AvgIpc) is 2.73. The third-order valence-electron chi connectivity index (χ3n) is 3.47. The van der Waals surface area contributed by atoms with Gasteiger partial charge in [-0.3, -0.25) is 19.7 Å². The molecule has 1 saturated heterocycles. The maximum atomic E-state index is 13.4. The molecule has 2 aliphatic heterocycles. The Morgan fingerprint density at radius 1 is 1.40 bits per heavy atom. The minimum Gasteiger partial charge on any atom is -0.398 e. The van der Waals surface area contributed by atoms with Crippen molar-refractivity contribution in [3.63, 3.8) is 0 Å². The molecule has 0 spiro atoms. The molecule has 104 valence electrons. The van der Waals surface area contributed by atoms with E-state index in [9.17, 15) is 18.8 Å². The Morgan fingerprint density at radius 3 is 2.85 bits per heavy atom. The molecule has 1 unspecified atom stereocenters. The highest BCUT2D eigenvalue weighted by atomic mass is 19.1. The number of benzene rings is 1. The predicted octanol–water partition coefficient (Wildman–Crippen LogP) is 0.169. The first-order valence-corrected chi connectivity index (χ1v) is 6.07. The summed E-state index contributed by atoms with van der Waals surface area (Å²) >= 11 is 0. The van der Waals surface area contributed by atoms with E-state index in [1.807, 2.05) is 0 Å². The SMILES string of the molecule is [2H]C1(N2Cc3c(N)cc(F)cc3C2=O)CCC(=O)NC1=O. The number of nitrogen functional groups attached to an aromatic ring is 1. The lowest BCUT2D eigenvalue weighted by molar-refractivity contribution is -0.136. The summed E-state index contributed by atoms with van der Waals surface area (Å²) in [5.41, 5.74) is 6.26. The Labute approximate surface area is 115 Å². The predicted molar refractivity (Wildman–Crippen MR) is 66.9 cm³/mol. The molecule has 20 heavy (non-hydrogen) atoms. The smallest absolute Gasteiger partial charge is 0.255 e. The molecule has 1 aromatic rings. The molecule has 0 radical (unpaired) electrons. The molecule has 0 aliphatic carbocycles. The second-order valence-electron chi connectivity index (χ2n) is 4.74. The zero-order valence-corrected chi connectivity index (χ0v) is 10.4. The van der Waals surface area contributed by atoms with E-state index in [4.69, 9.17) is 7.10 Å². The standard InChI is InChI=1S/C13H12FN3O3/c14-6-3-7-8(9(15)4-6)5-17(13(7)20)10-1-2-11(18)16-12(10)19/h3-4,10H,1-2,5,15H2,(H,16,18,19)/i10D. The Balaban J connectivity index is 2.00. The van der Waals surface area contributed by atoms with Crippen molar-refractivity contribution in [2.45, 2.75) is 25.4 Å². The van der Waals surface area contributed by atoms with Crippen molar-refractivity contribution >= 4 is 23.4 Å². The van der Waals surface area contributed by atoms with Gasteiger partial charge in [-0.05, 0) is 18.6 Å². The zero-order valence-electron chi connectivity index (χ0n) is 11.4. The summed E-state index contributed by atoms with van der Waals surface area (Å²) in [6.07, 6.45) is -0.126. The zero-order chi connectivity index (χ0) is 15.4. The van der Waals surface area contributed by atoms with E-state index < -0.39 is 29.6 Å². The summed E-state index contributed by atoms with van der Waals surface area (Å²) < 4.78 is 21.6. The molecule has 0 bridgehead atoms. The third kappa shape index (κ3) is 1.82. The van der Waals surface area contributed by atoms with Gasteiger partial charge in [0.05, 0.1) is 1.37 Å². The fourth-order valence-electron chi connectivity index (χ4n) is 2.48. The lowest BCUT2D eigenvalue weighted by Crippen LogP contribution is -2.52. The van der Waals surface area contributed by atoms with Crippen molar-refractivity contribution in [1.82, 2.24) is 10.2 Å². The molecule has 3 rings (SSSR count). The molecule has 7 heteroatoms. The van der Waals surface area contributed by atoms with Gasteiger partial charge in [0.1, 0.15) is 11.8 Å². The van der Waals surface area contributed by atoms with Crippen LogP contribution in [-0.4, -0.2) is 28.6 Å².